The lowest BCUT2D eigenvalue weighted by Gasteiger charge is -2.18. The molecule has 0 aromatic rings. The van der Waals surface area contributed by atoms with Gasteiger partial charge < -0.3 is 14.2 Å². The molecule has 0 amide bonds. The second-order valence-corrected chi connectivity index (χ2v) is 19.2. The number of rotatable bonds is 52. The minimum Gasteiger partial charge on any atom is -0.462 e. The maximum Gasteiger partial charge on any atom is 0.306 e. The summed E-state index contributed by atoms with van der Waals surface area (Å²) in [5.41, 5.74) is 0. The fourth-order valence-corrected chi connectivity index (χ4v) is 8.32. The highest BCUT2D eigenvalue weighted by Crippen LogP contribution is 2.17. The van der Waals surface area contributed by atoms with Gasteiger partial charge in [-0.05, 0) is 57.8 Å². The van der Waals surface area contributed by atoms with Gasteiger partial charge in [0.05, 0.1) is 0 Å². The zero-order valence-electron chi connectivity index (χ0n) is 44.0. The first kappa shape index (κ1) is 63.4. The van der Waals surface area contributed by atoms with Gasteiger partial charge in [-0.25, -0.2) is 0 Å². The molecule has 0 radical (unpaired) electrons. The SMILES string of the molecule is CC/C=C\C/C=C\C/C=C\C/C=C\CCCCC(=O)O[C@@H](COC(=O)CCCCCCCCCCCCCC)COC(=O)CCCCCCCCCCCCCCCCCCCCCCC. The number of hydrogen-bond donors (Lipinski definition) is 0. The molecule has 0 heterocycles. The number of hydrogen-bond acceptors (Lipinski definition) is 6. The van der Waals surface area contributed by atoms with E-state index in [0.29, 0.717) is 19.3 Å². The first-order valence-corrected chi connectivity index (χ1v) is 28.6. The Balaban J connectivity index is 4.32. The van der Waals surface area contributed by atoms with Gasteiger partial charge in [0.1, 0.15) is 13.2 Å². The third-order valence-corrected chi connectivity index (χ3v) is 12.6. The van der Waals surface area contributed by atoms with E-state index in [1.54, 1.807) is 0 Å². The largest absolute Gasteiger partial charge is 0.462 e. The molecule has 0 aromatic carbocycles. The Morgan fingerprint density at radius 2 is 0.591 bits per heavy atom. The number of carbonyl (C=O) groups excluding carboxylic acids is 3. The molecule has 6 heteroatoms. The smallest absolute Gasteiger partial charge is 0.306 e. The molecule has 0 aromatic heterocycles. The minimum absolute atomic E-state index is 0.0857. The van der Waals surface area contributed by atoms with E-state index in [4.69, 9.17) is 14.2 Å². The average molecular weight is 926 g/mol. The van der Waals surface area contributed by atoms with Crippen molar-refractivity contribution in [2.75, 3.05) is 13.2 Å². The van der Waals surface area contributed by atoms with Gasteiger partial charge in [-0.2, -0.15) is 0 Å². The van der Waals surface area contributed by atoms with Gasteiger partial charge in [-0.1, -0.05) is 268 Å². The van der Waals surface area contributed by atoms with E-state index in [0.717, 1.165) is 77.0 Å². The van der Waals surface area contributed by atoms with Crippen LogP contribution in [0.2, 0.25) is 0 Å². The summed E-state index contributed by atoms with van der Waals surface area (Å²) in [6, 6.07) is 0. The summed E-state index contributed by atoms with van der Waals surface area (Å²) in [7, 11) is 0. The van der Waals surface area contributed by atoms with E-state index >= 15 is 0 Å². The molecule has 0 aliphatic rings. The Kier molecular flexibility index (Phi) is 52.8. The molecule has 0 aliphatic heterocycles. The Bertz CT molecular complexity index is 1150. The van der Waals surface area contributed by atoms with Crippen molar-refractivity contribution < 1.29 is 28.6 Å². The molecule has 0 N–H and O–H groups in total. The monoisotopic (exact) mass is 925 g/mol. The van der Waals surface area contributed by atoms with Gasteiger partial charge in [0.25, 0.3) is 0 Å². The molecule has 0 unspecified atom stereocenters. The highest BCUT2D eigenvalue weighted by atomic mass is 16.6. The third kappa shape index (κ3) is 52.3. The van der Waals surface area contributed by atoms with Crippen LogP contribution in [0.3, 0.4) is 0 Å². The number of unbranched alkanes of at least 4 members (excludes halogenated alkanes) is 33. The second kappa shape index (κ2) is 55.0. The number of allylic oxidation sites excluding steroid dienone is 8. The van der Waals surface area contributed by atoms with Crippen LogP contribution in [0.15, 0.2) is 48.6 Å². The van der Waals surface area contributed by atoms with Crippen LogP contribution in [0.5, 0.6) is 0 Å². The second-order valence-electron chi connectivity index (χ2n) is 19.2. The van der Waals surface area contributed by atoms with Crippen LogP contribution in [0, 0.1) is 0 Å². The van der Waals surface area contributed by atoms with Crippen molar-refractivity contribution in [3.8, 4) is 0 Å². The van der Waals surface area contributed by atoms with Gasteiger partial charge in [0.2, 0.25) is 0 Å². The normalized spacial score (nSPS) is 12.3. The van der Waals surface area contributed by atoms with Crippen molar-refractivity contribution >= 4 is 17.9 Å². The Hall–Kier alpha value is -2.63. The van der Waals surface area contributed by atoms with Gasteiger partial charge >= 0.3 is 17.9 Å². The van der Waals surface area contributed by atoms with E-state index < -0.39 is 6.10 Å². The summed E-state index contributed by atoms with van der Waals surface area (Å²) >= 11 is 0. The molecule has 0 spiro atoms. The summed E-state index contributed by atoms with van der Waals surface area (Å²) in [5, 5.41) is 0. The summed E-state index contributed by atoms with van der Waals surface area (Å²) in [6.45, 7) is 6.52. The Labute approximate surface area is 409 Å². The van der Waals surface area contributed by atoms with Gasteiger partial charge in [-0.15, -0.1) is 0 Å². The van der Waals surface area contributed by atoms with Crippen molar-refractivity contribution in [1.29, 1.82) is 0 Å². The van der Waals surface area contributed by atoms with Crippen LogP contribution in [0.1, 0.15) is 297 Å². The van der Waals surface area contributed by atoms with Crippen LogP contribution in [0.25, 0.3) is 0 Å². The lowest BCUT2D eigenvalue weighted by Crippen LogP contribution is -2.30. The molecule has 6 nitrogen and oxygen atoms in total. The van der Waals surface area contributed by atoms with E-state index in [9.17, 15) is 14.4 Å². The maximum atomic E-state index is 12.8. The highest BCUT2D eigenvalue weighted by Gasteiger charge is 2.19. The molecule has 1 atom stereocenters. The molecule has 0 rings (SSSR count). The Morgan fingerprint density at radius 1 is 0.318 bits per heavy atom. The first-order chi connectivity index (χ1) is 32.5. The highest BCUT2D eigenvalue weighted by molar-refractivity contribution is 5.71. The molecule has 0 fully saturated rings. The van der Waals surface area contributed by atoms with Crippen molar-refractivity contribution in [2.24, 2.45) is 0 Å². The van der Waals surface area contributed by atoms with Crippen molar-refractivity contribution in [1.82, 2.24) is 0 Å². The van der Waals surface area contributed by atoms with Crippen molar-refractivity contribution in [2.45, 2.75) is 303 Å². The van der Waals surface area contributed by atoms with Crippen LogP contribution in [-0.4, -0.2) is 37.2 Å². The number of ether oxygens (including phenoxy) is 3. The number of esters is 3. The summed E-state index contributed by atoms with van der Waals surface area (Å²) in [6.07, 6.45) is 66.8. The van der Waals surface area contributed by atoms with Crippen LogP contribution >= 0.6 is 0 Å². The predicted octanol–water partition coefficient (Wildman–Crippen LogP) is 19.0. The van der Waals surface area contributed by atoms with Crippen molar-refractivity contribution in [3.63, 3.8) is 0 Å². The minimum atomic E-state index is -0.790. The summed E-state index contributed by atoms with van der Waals surface area (Å²) in [5.74, 6) is -0.913. The quantitative estimate of drug-likeness (QED) is 0.0262. The number of carbonyl (C=O) groups is 3. The molecule has 384 valence electrons. The third-order valence-electron chi connectivity index (χ3n) is 12.6. The Morgan fingerprint density at radius 3 is 0.924 bits per heavy atom. The van der Waals surface area contributed by atoms with E-state index in [1.165, 1.54) is 173 Å². The summed E-state index contributed by atoms with van der Waals surface area (Å²) in [4.78, 5) is 38.1. The molecule has 66 heavy (non-hydrogen) atoms. The molecule has 0 bridgehead atoms. The van der Waals surface area contributed by atoms with Crippen LogP contribution < -0.4 is 0 Å². The zero-order valence-corrected chi connectivity index (χ0v) is 44.0. The first-order valence-electron chi connectivity index (χ1n) is 28.6. The molecule has 0 aliphatic carbocycles. The fourth-order valence-electron chi connectivity index (χ4n) is 8.32. The van der Waals surface area contributed by atoms with Crippen LogP contribution in [0.4, 0.5) is 0 Å². The zero-order chi connectivity index (χ0) is 47.9. The standard InChI is InChI=1S/C60H108O6/c1-4-7-10-13-16-19-22-25-27-28-29-30-31-32-34-35-38-41-44-47-50-53-59(62)65-56-57(55-64-58(61)52-49-46-43-40-37-24-21-18-15-12-9-6-3)66-60(63)54-51-48-45-42-39-36-33-26-23-20-17-14-11-8-5-2/h8,11,17,20,26,33,39,42,57H,4-7,9-10,12-16,18-19,21-25,27-32,34-38,40-41,43-56H2,1-3H3/b11-8-,20-17-,33-26-,42-39-/t57-/m0/s1. The van der Waals surface area contributed by atoms with Gasteiger partial charge in [0, 0.05) is 19.3 Å². The molecular weight excluding hydrogens is 817 g/mol. The lowest BCUT2D eigenvalue weighted by atomic mass is 10.0. The van der Waals surface area contributed by atoms with Crippen LogP contribution in [-0.2, 0) is 28.6 Å². The van der Waals surface area contributed by atoms with Gasteiger partial charge in [0.15, 0.2) is 6.10 Å². The lowest BCUT2D eigenvalue weighted by molar-refractivity contribution is -0.167. The molecular formula is C60H108O6. The summed E-state index contributed by atoms with van der Waals surface area (Å²) < 4.78 is 16.8. The topological polar surface area (TPSA) is 78.9 Å². The maximum absolute atomic E-state index is 12.8. The van der Waals surface area contributed by atoms with E-state index in [-0.39, 0.29) is 37.5 Å². The fraction of sp³-hybridized carbons (Fsp3) is 0.817. The van der Waals surface area contributed by atoms with E-state index in [2.05, 4.69) is 69.4 Å². The van der Waals surface area contributed by atoms with Gasteiger partial charge in [-0.3, -0.25) is 14.4 Å². The molecule has 0 saturated carbocycles. The van der Waals surface area contributed by atoms with E-state index in [1.807, 2.05) is 0 Å². The van der Waals surface area contributed by atoms with Crippen molar-refractivity contribution in [3.05, 3.63) is 48.6 Å². The predicted molar refractivity (Wildman–Crippen MR) is 284 cm³/mol. The molecule has 0 saturated heterocycles. The average Bonchev–Trinajstić information content (AvgIpc) is 3.31.